The average molecular weight is 469 g/mol. The third-order valence-corrected chi connectivity index (χ3v) is 4.12. The molecular formula is C19H15F4N5O5. The van der Waals surface area contributed by atoms with Gasteiger partial charge in [-0.05, 0) is 19.1 Å². The number of anilines is 1. The van der Waals surface area contributed by atoms with Crippen LogP contribution in [0.1, 0.15) is 12.6 Å². The van der Waals surface area contributed by atoms with Crippen molar-refractivity contribution in [1.29, 1.82) is 0 Å². The van der Waals surface area contributed by atoms with E-state index in [0.717, 1.165) is 6.07 Å². The molecule has 0 radical (unpaired) electrons. The summed E-state index contributed by atoms with van der Waals surface area (Å²) in [6.45, 7) is 0.953. The molecule has 0 bridgehead atoms. The zero-order valence-electron chi connectivity index (χ0n) is 16.7. The van der Waals surface area contributed by atoms with Gasteiger partial charge in [0.2, 0.25) is 0 Å². The number of pyridine rings is 1. The fourth-order valence-electron chi connectivity index (χ4n) is 2.66. The van der Waals surface area contributed by atoms with Gasteiger partial charge in [0, 0.05) is 24.4 Å². The monoisotopic (exact) mass is 469 g/mol. The van der Waals surface area contributed by atoms with Crippen molar-refractivity contribution >= 4 is 11.5 Å². The highest BCUT2D eigenvalue weighted by molar-refractivity contribution is 5.77. The quantitative estimate of drug-likeness (QED) is 0.315. The van der Waals surface area contributed by atoms with E-state index in [0.29, 0.717) is 6.07 Å². The van der Waals surface area contributed by atoms with Gasteiger partial charge in [-0.25, -0.2) is 23.4 Å². The standard InChI is InChI=1S/C19H15F4N5O5/c1-9(29)8-32-17-13(3-2-4-26-17)33-14-6-12(10(20)5-11(14)24)27-16(30)7-15(19(21,22)23)28(25)18(27)31/h2-7H,8,24-25H2,1H3. The molecule has 1 aromatic carbocycles. The van der Waals surface area contributed by atoms with E-state index >= 15 is 0 Å². The fourth-order valence-corrected chi connectivity index (χ4v) is 2.66. The summed E-state index contributed by atoms with van der Waals surface area (Å²) < 4.78 is 64.1. The minimum Gasteiger partial charge on any atom is -0.467 e. The number of nitrogen functional groups attached to an aromatic ring is 2. The number of hydrogen-bond donors (Lipinski definition) is 2. The van der Waals surface area contributed by atoms with E-state index in [9.17, 15) is 31.9 Å². The second-order valence-corrected chi connectivity index (χ2v) is 6.59. The van der Waals surface area contributed by atoms with Gasteiger partial charge >= 0.3 is 11.9 Å². The SMILES string of the molecule is CC(=O)COc1ncccc1Oc1cc(-n2c(=O)cc(C(F)(F)F)n(N)c2=O)c(F)cc1N. The molecule has 174 valence electrons. The lowest BCUT2D eigenvalue weighted by Crippen LogP contribution is -2.45. The van der Waals surface area contributed by atoms with E-state index < -0.39 is 34.6 Å². The van der Waals surface area contributed by atoms with Crippen molar-refractivity contribution in [3.8, 4) is 23.1 Å². The lowest BCUT2D eigenvalue weighted by molar-refractivity contribution is -0.143. The molecule has 0 aliphatic rings. The molecule has 0 unspecified atom stereocenters. The van der Waals surface area contributed by atoms with Crippen LogP contribution in [0.4, 0.5) is 23.2 Å². The highest BCUT2D eigenvalue weighted by Crippen LogP contribution is 2.35. The summed E-state index contributed by atoms with van der Waals surface area (Å²) >= 11 is 0. The van der Waals surface area contributed by atoms with Crippen LogP contribution in [0.2, 0.25) is 0 Å². The summed E-state index contributed by atoms with van der Waals surface area (Å²) in [5.74, 6) is 3.21. The minimum atomic E-state index is -5.10. The third kappa shape index (κ3) is 4.78. The second-order valence-electron chi connectivity index (χ2n) is 6.59. The Morgan fingerprint density at radius 2 is 1.88 bits per heavy atom. The Kier molecular flexibility index (Phi) is 6.10. The predicted octanol–water partition coefficient (Wildman–Crippen LogP) is 1.61. The molecule has 0 atom stereocenters. The van der Waals surface area contributed by atoms with E-state index in [1.807, 2.05) is 0 Å². The summed E-state index contributed by atoms with van der Waals surface area (Å²) in [5, 5.41) is 0. The van der Waals surface area contributed by atoms with Gasteiger partial charge in [0.15, 0.2) is 23.0 Å². The van der Waals surface area contributed by atoms with Crippen molar-refractivity contribution in [2.45, 2.75) is 13.1 Å². The first-order valence-electron chi connectivity index (χ1n) is 8.96. The molecule has 0 fully saturated rings. The van der Waals surface area contributed by atoms with Crippen molar-refractivity contribution in [1.82, 2.24) is 14.2 Å². The van der Waals surface area contributed by atoms with Crippen molar-refractivity contribution in [2.24, 2.45) is 0 Å². The molecule has 0 saturated carbocycles. The maximum atomic E-state index is 14.6. The Morgan fingerprint density at radius 1 is 1.18 bits per heavy atom. The summed E-state index contributed by atoms with van der Waals surface area (Å²) in [5.41, 5.74) is -0.167. The van der Waals surface area contributed by atoms with Crippen molar-refractivity contribution in [3.63, 3.8) is 0 Å². The molecule has 2 heterocycles. The molecule has 0 aliphatic carbocycles. The van der Waals surface area contributed by atoms with Crippen LogP contribution >= 0.6 is 0 Å². The first kappa shape index (κ1) is 23.3. The average Bonchev–Trinajstić information content (AvgIpc) is 2.72. The number of benzene rings is 1. The molecule has 0 spiro atoms. The van der Waals surface area contributed by atoms with E-state index in [1.54, 1.807) is 0 Å². The van der Waals surface area contributed by atoms with Crippen LogP contribution < -0.4 is 32.3 Å². The summed E-state index contributed by atoms with van der Waals surface area (Å²) in [4.78, 5) is 39.7. The zero-order chi connectivity index (χ0) is 24.5. The first-order valence-corrected chi connectivity index (χ1v) is 8.96. The number of rotatable bonds is 6. The van der Waals surface area contributed by atoms with Gasteiger partial charge in [0.05, 0.1) is 11.4 Å². The minimum absolute atomic E-state index is 0.0482. The number of Topliss-reactive ketones (excluding diaryl/α,β-unsaturated/α-hetero) is 1. The number of ether oxygens (including phenoxy) is 2. The van der Waals surface area contributed by atoms with Crippen LogP contribution in [-0.2, 0) is 11.0 Å². The van der Waals surface area contributed by atoms with Gasteiger partial charge in [-0.3, -0.25) is 9.59 Å². The molecule has 4 N–H and O–H groups in total. The molecule has 14 heteroatoms. The molecule has 33 heavy (non-hydrogen) atoms. The topological polar surface area (TPSA) is 144 Å². The first-order chi connectivity index (χ1) is 15.4. The van der Waals surface area contributed by atoms with Crippen molar-refractivity contribution in [2.75, 3.05) is 18.2 Å². The van der Waals surface area contributed by atoms with Crippen LogP contribution in [0, 0.1) is 5.82 Å². The Balaban J connectivity index is 2.12. The van der Waals surface area contributed by atoms with E-state index in [1.165, 1.54) is 25.3 Å². The second kappa shape index (κ2) is 8.64. The van der Waals surface area contributed by atoms with Gasteiger partial charge in [0.25, 0.3) is 11.4 Å². The largest absolute Gasteiger partial charge is 0.467 e. The Labute approximate surface area is 181 Å². The normalized spacial score (nSPS) is 11.3. The number of nitrogens with two attached hydrogens (primary N) is 2. The number of aromatic nitrogens is 3. The summed E-state index contributed by atoms with van der Waals surface area (Å²) in [6.07, 6.45) is -3.76. The molecule has 0 saturated heterocycles. The highest BCUT2D eigenvalue weighted by atomic mass is 19.4. The summed E-state index contributed by atoms with van der Waals surface area (Å²) in [6, 6.07) is 4.39. The van der Waals surface area contributed by atoms with Gasteiger partial charge in [-0.1, -0.05) is 0 Å². The van der Waals surface area contributed by atoms with Crippen LogP contribution in [0.3, 0.4) is 0 Å². The maximum Gasteiger partial charge on any atom is 0.433 e. The number of carbonyl (C=O) groups excluding carboxylic acids is 1. The molecule has 2 aromatic heterocycles. The lowest BCUT2D eigenvalue weighted by atomic mass is 10.2. The molecule has 3 aromatic rings. The van der Waals surface area contributed by atoms with Crippen molar-refractivity contribution < 1.29 is 31.8 Å². The molecule has 0 amide bonds. The molecule has 10 nitrogen and oxygen atoms in total. The third-order valence-electron chi connectivity index (χ3n) is 4.12. The fraction of sp³-hybridized carbons (Fsp3) is 0.158. The Bertz CT molecular complexity index is 1350. The van der Waals surface area contributed by atoms with Gasteiger partial charge in [-0.15, -0.1) is 0 Å². The van der Waals surface area contributed by atoms with Crippen LogP contribution in [-0.4, -0.2) is 26.6 Å². The zero-order valence-corrected chi connectivity index (χ0v) is 16.7. The highest BCUT2D eigenvalue weighted by Gasteiger charge is 2.36. The Morgan fingerprint density at radius 3 is 2.52 bits per heavy atom. The number of carbonyl (C=O) groups is 1. The Hall–Kier alpha value is -4.36. The number of hydrogen-bond acceptors (Lipinski definition) is 8. The molecule has 3 rings (SSSR count). The van der Waals surface area contributed by atoms with Gasteiger partial charge in [0.1, 0.15) is 12.4 Å². The molecule has 0 aliphatic heterocycles. The predicted molar refractivity (Wildman–Crippen MR) is 106 cm³/mol. The smallest absolute Gasteiger partial charge is 0.433 e. The molecular weight excluding hydrogens is 454 g/mol. The van der Waals surface area contributed by atoms with Gasteiger partial charge < -0.3 is 21.1 Å². The van der Waals surface area contributed by atoms with Crippen LogP contribution in [0.5, 0.6) is 17.4 Å². The number of ketones is 1. The summed E-state index contributed by atoms with van der Waals surface area (Å²) in [7, 11) is 0. The van der Waals surface area contributed by atoms with E-state index in [-0.39, 0.29) is 50.8 Å². The van der Waals surface area contributed by atoms with E-state index in [4.69, 9.17) is 21.1 Å². The number of halogens is 4. The van der Waals surface area contributed by atoms with Gasteiger partial charge in [-0.2, -0.15) is 13.2 Å². The lowest BCUT2D eigenvalue weighted by Gasteiger charge is -2.16. The van der Waals surface area contributed by atoms with E-state index in [2.05, 4.69) is 4.98 Å². The number of nitrogens with zero attached hydrogens (tertiary/aromatic N) is 3. The van der Waals surface area contributed by atoms with Crippen molar-refractivity contribution in [3.05, 3.63) is 68.9 Å². The maximum absolute atomic E-state index is 14.6. The van der Waals surface area contributed by atoms with Crippen LogP contribution in [0.15, 0.2) is 46.1 Å². The van der Waals surface area contributed by atoms with Crippen LogP contribution in [0.25, 0.3) is 5.69 Å². The number of alkyl halides is 3.